The van der Waals surface area contributed by atoms with Gasteiger partial charge in [-0.3, -0.25) is 4.68 Å². The van der Waals surface area contributed by atoms with Crippen molar-refractivity contribution in [3.63, 3.8) is 0 Å². The van der Waals surface area contributed by atoms with E-state index in [9.17, 15) is 8.42 Å². The summed E-state index contributed by atoms with van der Waals surface area (Å²) in [7, 11) is -2.86. The van der Waals surface area contributed by atoms with E-state index in [0.29, 0.717) is 6.42 Å². The molecule has 1 unspecified atom stereocenters. The van der Waals surface area contributed by atoms with Crippen LogP contribution in [0, 0.1) is 6.92 Å². The first-order valence-electron chi connectivity index (χ1n) is 4.65. The monoisotopic (exact) mass is 214 g/mol. The third-order valence-corrected chi connectivity index (χ3v) is 4.71. The molecular formula is C9H14N2O2S. The van der Waals surface area contributed by atoms with Crippen molar-refractivity contribution >= 4 is 9.84 Å². The predicted molar refractivity (Wildman–Crippen MR) is 53.9 cm³/mol. The van der Waals surface area contributed by atoms with E-state index >= 15 is 0 Å². The summed E-state index contributed by atoms with van der Waals surface area (Å²) >= 11 is 0. The maximum Gasteiger partial charge on any atom is 0.152 e. The average molecular weight is 214 g/mol. The Bertz CT molecular complexity index is 449. The van der Waals surface area contributed by atoms with Crippen LogP contribution in [-0.2, 0) is 15.4 Å². The molecule has 2 heterocycles. The Morgan fingerprint density at radius 1 is 1.57 bits per heavy atom. The maximum absolute atomic E-state index is 11.4. The number of aromatic nitrogens is 2. The van der Waals surface area contributed by atoms with Gasteiger partial charge in [0.1, 0.15) is 0 Å². The Labute approximate surface area is 83.8 Å². The fourth-order valence-electron chi connectivity index (χ4n) is 2.10. The van der Waals surface area contributed by atoms with Crippen LogP contribution in [0.4, 0.5) is 0 Å². The molecule has 14 heavy (non-hydrogen) atoms. The molecule has 2 rings (SSSR count). The molecule has 1 aliphatic heterocycles. The zero-order valence-electron chi connectivity index (χ0n) is 8.40. The van der Waals surface area contributed by atoms with Crippen LogP contribution in [0.2, 0.25) is 0 Å². The minimum atomic E-state index is -2.86. The molecule has 0 aromatic carbocycles. The summed E-state index contributed by atoms with van der Waals surface area (Å²) in [5.41, 5.74) is 0.677. The fourth-order valence-corrected chi connectivity index (χ4v) is 4.20. The highest BCUT2D eigenvalue weighted by Crippen LogP contribution is 2.30. The zero-order valence-corrected chi connectivity index (χ0v) is 9.21. The van der Waals surface area contributed by atoms with Crippen LogP contribution in [0.5, 0.6) is 0 Å². The van der Waals surface area contributed by atoms with E-state index in [1.54, 1.807) is 6.20 Å². The molecule has 4 nitrogen and oxygen atoms in total. The Kier molecular flexibility index (Phi) is 1.96. The van der Waals surface area contributed by atoms with Gasteiger partial charge in [0, 0.05) is 11.9 Å². The summed E-state index contributed by atoms with van der Waals surface area (Å²) in [5, 5.41) is 4.19. The lowest BCUT2D eigenvalue weighted by Gasteiger charge is -2.24. The quantitative estimate of drug-likeness (QED) is 0.692. The molecule has 0 amide bonds. The summed E-state index contributed by atoms with van der Waals surface area (Å²) in [6.45, 7) is 3.90. The first kappa shape index (κ1) is 9.71. The summed E-state index contributed by atoms with van der Waals surface area (Å²) in [5.74, 6) is 0.491. The summed E-state index contributed by atoms with van der Waals surface area (Å²) in [6.07, 6.45) is 2.38. The van der Waals surface area contributed by atoms with Gasteiger partial charge in [0.25, 0.3) is 0 Å². The summed E-state index contributed by atoms with van der Waals surface area (Å²) in [6, 6.07) is 1.90. The Morgan fingerprint density at radius 2 is 2.29 bits per heavy atom. The number of hydrogen-bond donors (Lipinski definition) is 0. The molecule has 1 aromatic rings. The molecule has 1 saturated heterocycles. The predicted octanol–water partition coefficient (Wildman–Crippen LogP) is 0.725. The SMILES string of the molecule is Cc1ccnn1C1(C)CCS(=O)(=O)C1. The van der Waals surface area contributed by atoms with Crippen molar-refractivity contribution in [2.24, 2.45) is 0 Å². The largest absolute Gasteiger partial charge is 0.263 e. The van der Waals surface area contributed by atoms with E-state index in [2.05, 4.69) is 5.10 Å². The molecule has 0 saturated carbocycles. The second kappa shape index (κ2) is 2.82. The third kappa shape index (κ3) is 1.45. The lowest BCUT2D eigenvalue weighted by Crippen LogP contribution is -2.33. The van der Waals surface area contributed by atoms with Gasteiger partial charge in [-0.15, -0.1) is 0 Å². The molecule has 1 aromatic heterocycles. The highest BCUT2D eigenvalue weighted by atomic mass is 32.2. The van der Waals surface area contributed by atoms with Crippen LogP contribution in [0.1, 0.15) is 19.0 Å². The van der Waals surface area contributed by atoms with Crippen LogP contribution < -0.4 is 0 Å². The minimum absolute atomic E-state index is 0.211. The molecule has 1 atom stereocenters. The van der Waals surface area contributed by atoms with E-state index in [1.165, 1.54) is 0 Å². The van der Waals surface area contributed by atoms with Crippen LogP contribution in [0.3, 0.4) is 0 Å². The zero-order chi connectivity index (χ0) is 10.4. The minimum Gasteiger partial charge on any atom is -0.263 e. The molecule has 1 aliphatic rings. The maximum atomic E-state index is 11.4. The van der Waals surface area contributed by atoms with Gasteiger partial charge in [-0.2, -0.15) is 5.10 Å². The number of hydrogen-bond acceptors (Lipinski definition) is 3. The number of rotatable bonds is 1. The standard InChI is InChI=1S/C9H14N2O2S/c1-8-3-5-10-11(8)9(2)4-6-14(12,13)7-9/h3,5H,4,6-7H2,1-2H3. The van der Waals surface area contributed by atoms with Gasteiger partial charge >= 0.3 is 0 Å². The normalized spacial score (nSPS) is 30.7. The van der Waals surface area contributed by atoms with Crippen molar-refractivity contribution in [1.29, 1.82) is 0 Å². The molecule has 0 spiro atoms. The Balaban J connectivity index is 2.41. The summed E-state index contributed by atoms with van der Waals surface area (Å²) < 4.78 is 24.7. The van der Waals surface area contributed by atoms with E-state index < -0.39 is 9.84 Å². The third-order valence-electron chi connectivity index (χ3n) is 2.83. The lowest BCUT2D eigenvalue weighted by molar-refractivity contribution is 0.322. The lowest BCUT2D eigenvalue weighted by atomic mass is 10.0. The molecule has 5 heteroatoms. The first-order valence-corrected chi connectivity index (χ1v) is 6.47. The van der Waals surface area contributed by atoms with Gasteiger partial charge in [-0.1, -0.05) is 0 Å². The van der Waals surface area contributed by atoms with Crippen LogP contribution in [-0.4, -0.2) is 29.7 Å². The van der Waals surface area contributed by atoms with Crippen molar-refractivity contribution in [2.75, 3.05) is 11.5 Å². The van der Waals surface area contributed by atoms with Crippen molar-refractivity contribution in [1.82, 2.24) is 9.78 Å². The smallest absolute Gasteiger partial charge is 0.152 e. The van der Waals surface area contributed by atoms with Crippen molar-refractivity contribution < 1.29 is 8.42 Å². The van der Waals surface area contributed by atoms with Crippen LogP contribution in [0.15, 0.2) is 12.3 Å². The van der Waals surface area contributed by atoms with Crippen molar-refractivity contribution in [2.45, 2.75) is 25.8 Å². The van der Waals surface area contributed by atoms with E-state index in [4.69, 9.17) is 0 Å². The molecule has 0 N–H and O–H groups in total. The van der Waals surface area contributed by atoms with E-state index in [1.807, 2.05) is 24.6 Å². The first-order chi connectivity index (χ1) is 6.43. The molecule has 0 bridgehead atoms. The second-order valence-corrected chi connectivity index (χ2v) is 6.41. The second-order valence-electron chi connectivity index (χ2n) is 4.22. The fraction of sp³-hybridized carbons (Fsp3) is 0.667. The Morgan fingerprint density at radius 3 is 2.71 bits per heavy atom. The molecule has 0 radical (unpaired) electrons. The van der Waals surface area contributed by atoms with Gasteiger partial charge in [-0.05, 0) is 26.3 Å². The number of sulfone groups is 1. The number of nitrogens with zero attached hydrogens (tertiary/aromatic N) is 2. The van der Waals surface area contributed by atoms with Crippen LogP contribution in [0.25, 0.3) is 0 Å². The molecular weight excluding hydrogens is 200 g/mol. The molecule has 78 valence electrons. The van der Waals surface area contributed by atoms with Crippen molar-refractivity contribution in [3.05, 3.63) is 18.0 Å². The highest BCUT2D eigenvalue weighted by Gasteiger charge is 2.40. The summed E-state index contributed by atoms with van der Waals surface area (Å²) in [4.78, 5) is 0. The van der Waals surface area contributed by atoms with Gasteiger partial charge in [-0.25, -0.2) is 8.42 Å². The molecule has 1 fully saturated rings. The van der Waals surface area contributed by atoms with E-state index in [0.717, 1.165) is 5.69 Å². The number of aryl methyl sites for hydroxylation is 1. The van der Waals surface area contributed by atoms with Gasteiger partial charge in [0.2, 0.25) is 0 Å². The average Bonchev–Trinajstić information content (AvgIpc) is 2.57. The van der Waals surface area contributed by atoms with Gasteiger partial charge in [0.15, 0.2) is 9.84 Å². The Hall–Kier alpha value is -0.840. The van der Waals surface area contributed by atoms with Gasteiger partial charge < -0.3 is 0 Å². The van der Waals surface area contributed by atoms with Gasteiger partial charge in [0.05, 0.1) is 17.0 Å². The van der Waals surface area contributed by atoms with Crippen molar-refractivity contribution in [3.8, 4) is 0 Å². The highest BCUT2D eigenvalue weighted by molar-refractivity contribution is 7.91. The van der Waals surface area contributed by atoms with Crippen LogP contribution >= 0.6 is 0 Å². The molecule has 0 aliphatic carbocycles. The topological polar surface area (TPSA) is 52.0 Å². The van der Waals surface area contributed by atoms with E-state index in [-0.39, 0.29) is 17.0 Å².